The summed E-state index contributed by atoms with van der Waals surface area (Å²) in [6, 6.07) is 1.43. The first kappa shape index (κ1) is 14.3. The Morgan fingerprint density at radius 1 is 1.11 bits per heavy atom. The van der Waals surface area contributed by atoms with E-state index in [1.807, 2.05) is 0 Å². The van der Waals surface area contributed by atoms with Crippen LogP contribution in [0.3, 0.4) is 0 Å². The Hall–Kier alpha value is -0.0800. The summed E-state index contributed by atoms with van der Waals surface area (Å²) in [5.41, 5.74) is 0. The van der Waals surface area contributed by atoms with Crippen LogP contribution in [0.2, 0.25) is 0 Å². The smallest absolute Gasteiger partial charge is 0.00704 e. The molecule has 1 saturated carbocycles. The van der Waals surface area contributed by atoms with Crippen molar-refractivity contribution in [1.82, 2.24) is 10.2 Å². The minimum Gasteiger partial charge on any atom is -0.311 e. The van der Waals surface area contributed by atoms with E-state index in [2.05, 4.69) is 31.0 Å². The summed E-state index contributed by atoms with van der Waals surface area (Å²) in [6.07, 6.45) is 8.45. The van der Waals surface area contributed by atoms with Gasteiger partial charge in [0.05, 0.1) is 0 Å². The number of nitrogens with zero attached hydrogens (tertiary/aromatic N) is 1. The first-order valence-electron chi connectivity index (χ1n) is 8.17. The second kappa shape index (κ2) is 6.91. The van der Waals surface area contributed by atoms with Crippen LogP contribution in [0.15, 0.2) is 0 Å². The van der Waals surface area contributed by atoms with Crippen LogP contribution in [0.25, 0.3) is 0 Å². The topological polar surface area (TPSA) is 15.3 Å². The highest BCUT2D eigenvalue weighted by Crippen LogP contribution is 2.33. The highest BCUT2D eigenvalue weighted by atomic mass is 15.1. The van der Waals surface area contributed by atoms with E-state index in [0.29, 0.717) is 6.04 Å². The Labute approximate surface area is 114 Å². The lowest BCUT2D eigenvalue weighted by molar-refractivity contribution is 0.158. The van der Waals surface area contributed by atoms with Gasteiger partial charge in [-0.1, -0.05) is 19.8 Å². The molecule has 18 heavy (non-hydrogen) atoms. The maximum atomic E-state index is 3.85. The Morgan fingerprint density at radius 2 is 1.78 bits per heavy atom. The van der Waals surface area contributed by atoms with Crippen molar-refractivity contribution in [3.8, 4) is 0 Å². The van der Waals surface area contributed by atoms with Crippen molar-refractivity contribution in [2.75, 3.05) is 19.6 Å². The molecule has 2 nitrogen and oxygen atoms in total. The fourth-order valence-corrected chi connectivity index (χ4v) is 3.50. The average molecular weight is 252 g/mol. The van der Waals surface area contributed by atoms with Gasteiger partial charge in [0, 0.05) is 12.1 Å². The predicted octanol–water partition coefficient (Wildman–Crippen LogP) is 3.28. The third-order valence-corrected chi connectivity index (χ3v) is 4.81. The molecule has 0 amide bonds. The molecule has 1 N–H and O–H groups in total. The molecule has 0 aromatic carbocycles. The minimum absolute atomic E-state index is 0.711. The summed E-state index contributed by atoms with van der Waals surface area (Å²) < 4.78 is 0. The van der Waals surface area contributed by atoms with Crippen molar-refractivity contribution < 1.29 is 0 Å². The number of rotatable bonds is 7. The number of nitrogens with one attached hydrogen (secondary N) is 1. The fourth-order valence-electron chi connectivity index (χ4n) is 3.50. The molecule has 2 aliphatic rings. The molecule has 2 rings (SSSR count). The summed E-state index contributed by atoms with van der Waals surface area (Å²) in [4.78, 5) is 2.64. The molecule has 0 radical (unpaired) electrons. The van der Waals surface area contributed by atoms with Crippen LogP contribution in [0.1, 0.15) is 59.3 Å². The van der Waals surface area contributed by atoms with Gasteiger partial charge in [0.25, 0.3) is 0 Å². The Balaban J connectivity index is 1.64. The zero-order valence-electron chi connectivity index (χ0n) is 12.6. The van der Waals surface area contributed by atoms with Crippen LogP contribution < -0.4 is 5.32 Å². The van der Waals surface area contributed by atoms with Crippen molar-refractivity contribution in [3.63, 3.8) is 0 Å². The van der Waals surface area contributed by atoms with Crippen LogP contribution >= 0.6 is 0 Å². The maximum absolute atomic E-state index is 3.85. The molecule has 0 bridgehead atoms. The van der Waals surface area contributed by atoms with Gasteiger partial charge >= 0.3 is 0 Å². The Kier molecular flexibility index (Phi) is 5.50. The number of hydrogen-bond donors (Lipinski definition) is 1. The lowest BCUT2D eigenvalue weighted by atomic mass is 9.89. The van der Waals surface area contributed by atoms with Gasteiger partial charge in [0.2, 0.25) is 0 Å². The zero-order valence-corrected chi connectivity index (χ0v) is 12.6. The number of likely N-dealkylation sites (tertiary alicyclic amines) is 1. The van der Waals surface area contributed by atoms with E-state index >= 15 is 0 Å². The third-order valence-electron chi connectivity index (χ3n) is 4.81. The lowest BCUT2D eigenvalue weighted by Gasteiger charge is -2.36. The van der Waals surface area contributed by atoms with Crippen molar-refractivity contribution in [2.45, 2.75) is 71.4 Å². The summed E-state index contributed by atoms with van der Waals surface area (Å²) in [7, 11) is 0. The SMILES string of the molecule is CCCN1CCC(C(C)NC(C)CC2CC2)CC1. The predicted molar refractivity (Wildman–Crippen MR) is 78.9 cm³/mol. The largest absolute Gasteiger partial charge is 0.311 e. The molecule has 1 aliphatic heterocycles. The van der Waals surface area contributed by atoms with Crippen LogP contribution in [0.5, 0.6) is 0 Å². The molecule has 2 atom stereocenters. The highest BCUT2D eigenvalue weighted by molar-refractivity contribution is 4.83. The Morgan fingerprint density at radius 3 is 2.33 bits per heavy atom. The van der Waals surface area contributed by atoms with E-state index in [-0.39, 0.29) is 0 Å². The summed E-state index contributed by atoms with van der Waals surface area (Å²) in [5.74, 6) is 1.95. The molecule has 2 fully saturated rings. The summed E-state index contributed by atoms with van der Waals surface area (Å²) in [6.45, 7) is 11.0. The van der Waals surface area contributed by atoms with Gasteiger partial charge in [-0.2, -0.15) is 0 Å². The van der Waals surface area contributed by atoms with Crippen LogP contribution in [0, 0.1) is 11.8 Å². The second-order valence-electron chi connectivity index (χ2n) is 6.71. The standard InChI is InChI=1S/C16H32N2/c1-4-9-18-10-7-16(8-11-18)14(3)17-13(2)12-15-5-6-15/h13-17H,4-12H2,1-3H3. The monoisotopic (exact) mass is 252 g/mol. The molecular weight excluding hydrogens is 220 g/mol. The van der Waals surface area contributed by atoms with E-state index in [0.717, 1.165) is 17.9 Å². The van der Waals surface area contributed by atoms with E-state index in [1.165, 1.54) is 58.2 Å². The molecule has 106 valence electrons. The van der Waals surface area contributed by atoms with E-state index < -0.39 is 0 Å². The van der Waals surface area contributed by atoms with Gasteiger partial charge in [-0.15, -0.1) is 0 Å². The average Bonchev–Trinajstić information content (AvgIpc) is 3.14. The van der Waals surface area contributed by atoms with Gasteiger partial charge in [0.1, 0.15) is 0 Å². The Bertz CT molecular complexity index is 229. The fraction of sp³-hybridized carbons (Fsp3) is 1.00. The number of hydrogen-bond acceptors (Lipinski definition) is 2. The van der Waals surface area contributed by atoms with Gasteiger partial charge < -0.3 is 10.2 Å². The molecule has 1 heterocycles. The third kappa shape index (κ3) is 4.55. The van der Waals surface area contributed by atoms with Gasteiger partial charge in [-0.25, -0.2) is 0 Å². The van der Waals surface area contributed by atoms with Crippen molar-refractivity contribution in [1.29, 1.82) is 0 Å². The van der Waals surface area contributed by atoms with Crippen LogP contribution in [-0.4, -0.2) is 36.6 Å². The van der Waals surface area contributed by atoms with Crippen molar-refractivity contribution in [2.24, 2.45) is 11.8 Å². The molecular formula is C16H32N2. The second-order valence-corrected chi connectivity index (χ2v) is 6.71. The highest BCUT2D eigenvalue weighted by Gasteiger charge is 2.27. The summed E-state index contributed by atoms with van der Waals surface area (Å²) >= 11 is 0. The first-order valence-corrected chi connectivity index (χ1v) is 8.17. The quantitative estimate of drug-likeness (QED) is 0.748. The van der Waals surface area contributed by atoms with E-state index in [4.69, 9.17) is 0 Å². The molecule has 1 aliphatic carbocycles. The van der Waals surface area contributed by atoms with Gasteiger partial charge in [0.15, 0.2) is 0 Å². The molecule has 0 spiro atoms. The van der Waals surface area contributed by atoms with Crippen molar-refractivity contribution in [3.05, 3.63) is 0 Å². The molecule has 0 aromatic rings. The van der Waals surface area contributed by atoms with Crippen LogP contribution in [-0.2, 0) is 0 Å². The normalized spacial score (nSPS) is 26.2. The molecule has 2 heteroatoms. The molecule has 1 saturated heterocycles. The van der Waals surface area contributed by atoms with Crippen molar-refractivity contribution >= 4 is 0 Å². The minimum atomic E-state index is 0.711. The van der Waals surface area contributed by atoms with Gasteiger partial charge in [-0.3, -0.25) is 0 Å². The molecule has 0 aromatic heterocycles. The zero-order chi connectivity index (χ0) is 13.0. The van der Waals surface area contributed by atoms with Gasteiger partial charge in [-0.05, 0) is 71.0 Å². The summed E-state index contributed by atoms with van der Waals surface area (Å²) in [5, 5.41) is 3.85. The first-order chi connectivity index (χ1) is 8.69. The molecule has 2 unspecified atom stereocenters. The van der Waals surface area contributed by atoms with Crippen LogP contribution in [0.4, 0.5) is 0 Å². The van der Waals surface area contributed by atoms with E-state index in [9.17, 15) is 0 Å². The van der Waals surface area contributed by atoms with E-state index in [1.54, 1.807) is 0 Å². The number of piperidine rings is 1. The lowest BCUT2D eigenvalue weighted by Crippen LogP contribution is -2.44. The maximum Gasteiger partial charge on any atom is 0.00704 e.